The standard InChI is InChI=1S/C22H23ClFN3O3S/c1-29-19-6-3-15(23)13-17(19)21(28)27(8-2-7-26-9-11-30-12-10-26)22-25-18-5-4-16(24)14-20(18)31-22/h3-6,13-14H,2,7-12H2,1H3. The number of methoxy groups -OCH3 is 1. The van der Waals surface area contributed by atoms with Gasteiger partial charge in [-0.25, -0.2) is 9.37 Å². The quantitative estimate of drug-likeness (QED) is 0.517. The summed E-state index contributed by atoms with van der Waals surface area (Å²) in [6, 6.07) is 9.39. The molecule has 1 amide bonds. The Balaban J connectivity index is 1.62. The summed E-state index contributed by atoms with van der Waals surface area (Å²) < 4.78 is 25.2. The van der Waals surface area contributed by atoms with Crippen LogP contribution in [-0.2, 0) is 4.74 Å². The van der Waals surface area contributed by atoms with Crippen molar-refractivity contribution >= 4 is 44.2 Å². The van der Waals surface area contributed by atoms with Crippen LogP contribution in [0.25, 0.3) is 10.2 Å². The third-order valence-electron chi connectivity index (χ3n) is 5.17. The first kappa shape index (κ1) is 22.0. The molecule has 1 aromatic heterocycles. The van der Waals surface area contributed by atoms with Crippen molar-refractivity contribution in [3.05, 3.63) is 52.8 Å². The minimum atomic E-state index is -0.329. The summed E-state index contributed by atoms with van der Waals surface area (Å²) in [5.74, 6) is -0.134. The molecule has 1 fully saturated rings. The molecule has 0 unspecified atom stereocenters. The zero-order valence-corrected chi connectivity index (χ0v) is 18.7. The molecule has 9 heteroatoms. The molecule has 0 saturated carbocycles. The number of hydrogen-bond donors (Lipinski definition) is 0. The zero-order valence-electron chi connectivity index (χ0n) is 17.1. The van der Waals surface area contributed by atoms with Gasteiger partial charge in [0, 0.05) is 31.2 Å². The van der Waals surface area contributed by atoms with E-state index in [-0.39, 0.29) is 11.7 Å². The Morgan fingerprint density at radius 3 is 2.87 bits per heavy atom. The van der Waals surface area contributed by atoms with Gasteiger partial charge in [-0.2, -0.15) is 0 Å². The molecular weight excluding hydrogens is 441 g/mol. The van der Waals surface area contributed by atoms with Crippen LogP contribution in [0.1, 0.15) is 16.8 Å². The zero-order chi connectivity index (χ0) is 21.8. The maximum atomic E-state index is 13.7. The fraction of sp³-hybridized carbons (Fsp3) is 0.364. The van der Waals surface area contributed by atoms with Gasteiger partial charge in [0.2, 0.25) is 0 Å². The van der Waals surface area contributed by atoms with Crippen LogP contribution in [0.5, 0.6) is 5.75 Å². The van der Waals surface area contributed by atoms with Gasteiger partial charge >= 0.3 is 0 Å². The monoisotopic (exact) mass is 463 g/mol. The van der Waals surface area contributed by atoms with Crippen molar-refractivity contribution in [1.82, 2.24) is 9.88 Å². The molecule has 2 aromatic carbocycles. The van der Waals surface area contributed by atoms with Crippen molar-refractivity contribution in [2.24, 2.45) is 0 Å². The molecule has 0 atom stereocenters. The maximum Gasteiger partial charge on any atom is 0.263 e. The number of anilines is 1. The van der Waals surface area contributed by atoms with Crippen molar-refractivity contribution in [2.45, 2.75) is 6.42 Å². The molecule has 0 spiro atoms. The average Bonchev–Trinajstić information content (AvgIpc) is 3.19. The molecule has 0 radical (unpaired) electrons. The fourth-order valence-corrected chi connectivity index (χ4v) is 4.74. The largest absolute Gasteiger partial charge is 0.496 e. The van der Waals surface area contributed by atoms with Gasteiger partial charge in [0.05, 0.1) is 36.1 Å². The molecule has 2 heterocycles. The predicted molar refractivity (Wildman–Crippen MR) is 121 cm³/mol. The highest BCUT2D eigenvalue weighted by Crippen LogP contribution is 2.32. The van der Waals surface area contributed by atoms with Gasteiger partial charge < -0.3 is 9.47 Å². The van der Waals surface area contributed by atoms with E-state index in [0.717, 1.165) is 39.3 Å². The Labute approximate surface area is 189 Å². The molecule has 164 valence electrons. The summed E-state index contributed by atoms with van der Waals surface area (Å²) in [7, 11) is 1.52. The average molecular weight is 464 g/mol. The Morgan fingerprint density at radius 1 is 1.29 bits per heavy atom. The van der Waals surface area contributed by atoms with E-state index in [1.807, 2.05) is 0 Å². The van der Waals surface area contributed by atoms with Crippen LogP contribution < -0.4 is 9.64 Å². The van der Waals surface area contributed by atoms with Crippen LogP contribution >= 0.6 is 22.9 Å². The van der Waals surface area contributed by atoms with E-state index in [4.69, 9.17) is 21.1 Å². The van der Waals surface area contributed by atoms with Crippen LogP contribution in [0, 0.1) is 5.82 Å². The Morgan fingerprint density at radius 2 is 2.10 bits per heavy atom. The van der Waals surface area contributed by atoms with E-state index in [0.29, 0.717) is 38.2 Å². The summed E-state index contributed by atoms with van der Waals surface area (Å²) >= 11 is 7.45. The highest BCUT2D eigenvalue weighted by atomic mass is 35.5. The summed E-state index contributed by atoms with van der Waals surface area (Å²) in [4.78, 5) is 22.1. The molecule has 1 aliphatic rings. The molecular formula is C22H23ClFN3O3S. The third kappa shape index (κ3) is 5.15. The van der Waals surface area contributed by atoms with E-state index in [9.17, 15) is 9.18 Å². The SMILES string of the molecule is COc1ccc(Cl)cc1C(=O)N(CCCN1CCOCC1)c1nc2ccc(F)cc2s1. The number of ether oxygens (including phenoxy) is 2. The number of halogens is 2. The lowest BCUT2D eigenvalue weighted by molar-refractivity contribution is 0.0376. The maximum absolute atomic E-state index is 13.7. The van der Waals surface area contributed by atoms with Crippen LogP contribution in [0.3, 0.4) is 0 Å². The molecule has 6 nitrogen and oxygen atoms in total. The molecule has 3 aromatic rings. The van der Waals surface area contributed by atoms with E-state index in [1.165, 1.54) is 30.6 Å². The Bertz CT molecular complexity index is 1070. The van der Waals surface area contributed by atoms with Gasteiger partial charge in [0.25, 0.3) is 5.91 Å². The molecule has 0 N–H and O–H groups in total. The second-order valence-corrected chi connectivity index (χ2v) is 8.66. The first-order valence-corrected chi connectivity index (χ1v) is 11.3. The first-order valence-electron chi connectivity index (χ1n) is 10.1. The molecule has 31 heavy (non-hydrogen) atoms. The lowest BCUT2D eigenvalue weighted by Crippen LogP contribution is -2.39. The molecule has 0 bridgehead atoms. The lowest BCUT2D eigenvalue weighted by Gasteiger charge is -2.28. The summed E-state index contributed by atoms with van der Waals surface area (Å²) in [5, 5.41) is 0.971. The number of hydrogen-bond acceptors (Lipinski definition) is 6. The predicted octanol–water partition coefficient (Wildman–Crippen LogP) is 4.47. The number of carbonyl (C=O) groups excluding carboxylic acids is 1. The number of aromatic nitrogens is 1. The topological polar surface area (TPSA) is 54.9 Å². The van der Waals surface area contributed by atoms with Crippen molar-refractivity contribution in [3.8, 4) is 5.75 Å². The highest BCUT2D eigenvalue weighted by Gasteiger charge is 2.25. The summed E-state index contributed by atoms with van der Waals surface area (Å²) in [6.45, 7) is 4.54. The van der Waals surface area contributed by atoms with Crippen molar-refractivity contribution in [3.63, 3.8) is 0 Å². The van der Waals surface area contributed by atoms with E-state index in [2.05, 4.69) is 9.88 Å². The third-order valence-corrected chi connectivity index (χ3v) is 6.44. The highest BCUT2D eigenvalue weighted by molar-refractivity contribution is 7.22. The number of thiazole rings is 1. The fourth-order valence-electron chi connectivity index (χ4n) is 3.56. The van der Waals surface area contributed by atoms with Crippen LogP contribution in [0.4, 0.5) is 9.52 Å². The second-order valence-electron chi connectivity index (χ2n) is 7.22. The van der Waals surface area contributed by atoms with E-state index < -0.39 is 0 Å². The number of fused-ring (bicyclic) bond motifs is 1. The smallest absolute Gasteiger partial charge is 0.263 e. The minimum absolute atomic E-state index is 0.249. The van der Waals surface area contributed by atoms with Gasteiger partial charge in [0.1, 0.15) is 11.6 Å². The molecule has 1 saturated heterocycles. The number of benzene rings is 2. The Kier molecular flexibility index (Phi) is 7.02. The summed E-state index contributed by atoms with van der Waals surface area (Å²) in [5.41, 5.74) is 1.03. The van der Waals surface area contributed by atoms with Crippen molar-refractivity contribution in [1.29, 1.82) is 0 Å². The normalized spacial score (nSPS) is 14.7. The van der Waals surface area contributed by atoms with Gasteiger partial charge in [-0.15, -0.1) is 0 Å². The van der Waals surface area contributed by atoms with Crippen molar-refractivity contribution in [2.75, 3.05) is 51.4 Å². The number of rotatable bonds is 7. The van der Waals surface area contributed by atoms with E-state index >= 15 is 0 Å². The van der Waals surface area contributed by atoms with E-state index in [1.54, 1.807) is 29.2 Å². The molecule has 1 aliphatic heterocycles. The van der Waals surface area contributed by atoms with Crippen molar-refractivity contribution < 1.29 is 18.7 Å². The number of morpholine rings is 1. The van der Waals surface area contributed by atoms with Gasteiger partial charge in [0.15, 0.2) is 5.13 Å². The Hall–Kier alpha value is -2.26. The first-order chi connectivity index (χ1) is 15.0. The minimum Gasteiger partial charge on any atom is -0.496 e. The van der Waals surface area contributed by atoms with Gasteiger partial charge in [-0.05, 0) is 42.8 Å². The summed E-state index contributed by atoms with van der Waals surface area (Å²) in [6.07, 6.45) is 0.763. The second kappa shape index (κ2) is 9.91. The van der Waals surface area contributed by atoms with Crippen LogP contribution in [0.2, 0.25) is 5.02 Å². The van der Waals surface area contributed by atoms with Crippen LogP contribution in [0.15, 0.2) is 36.4 Å². The lowest BCUT2D eigenvalue weighted by atomic mass is 10.1. The number of amides is 1. The number of carbonyl (C=O) groups is 1. The van der Waals surface area contributed by atoms with Crippen LogP contribution in [-0.4, -0.2) is 62.3 Å². The van der Waals surface area contributed by atoms with Gasteiger partial charge in [-0.1, -0.05) is 22.9 Å². The molecule has 4 rings (SSSR count). The number of nitrogens with zero attached hydrogens (tertiary/aromatic N) is 3. The molecule has 0 aliphatic carbocycles. The van der Waals surface area contributed by atoms with Gasteiger partial charge in [-0.3, -0.25) is 14.6 Å².